The third-order valence-electron chi connectivity index (χ3n) is 14.2. The quantitative estimate of drug-likeness (QED) is 0.125. The highest BCUT2D eigenvalue weighted by Crippen LogP contribution is 2.30. The summed E-state index contributed by atoms with van der Waals surface area (Å²) in [6.07, 6.45) is 18.8. The van der Waals surface area contributed by atoms with Gasteiger partial charge >= 0.3 is 0 Å². The molecule has 3 fully saturated rings. The van der Waals surface area contributed by atoms with Crippen LogP contribution in [0.1, 0.15) is 36.8 Å². The van der Waals surface area contributed by atoms with Gasteiger partial charge in [0.2, 0.25) is 11.8 Å². The van der Waals surface area contributed by atoms with Crippen LogP contribution in [0.15, 0.2) is 159 Å². The Hall–Kier alpha value is -8.92. The van der Waals surface area contributed by atoms with Crippen molar-refractivity contribution in [1.29, 1.82) is 0 Å². The van der Waals surface area contributed by atoms with Crippen LogP contribution in [0.3, 0.4) is 0 Å². The van der Waals surface area contributed by atoms with Gasteiger partial charge in [-0.05, 0) is 96.1 Å². The molecule has 5 aromatic carbocycles. The number of aromatic nitrogens is 8. The Labute approximate surface area is 436 Å². The Morgan fingerprint density at radius 2 is 0.907 bits per heavy atom. The number of hydrogen-bond acceptors (Lipinski definition) is 14. The summed E-state index contributed by atoms with van der Waals surface area (Å²) in [6.45, 7) is 8.86. The van der Waals surface area contributed by atoms with Crippen molar-refractivity contribution < 1.29 is 9.59 Å². The molecule has 0 unspecified atom stereocenters. The highest BCUT2D eigenvalue weighted by molar-refractivity contribution is 5.94. The molecule has 0 radical (unpaired) electrons. The van der Waals surface area contributed by atoms with Crippen molar-refractivity contribution in [3.8, 4) is 22.3 Å². The van der Waals surface area contributed by atoms with Gasteiger partial charge in [0, 0.05) is 94.4 Å². The number of anilines is 6. The molecular formula is C59H58N14O2. The number of hydrogen-bond donors (Lipinski definition) is 2. The monoisotopic (exact) mass is 994 g/mol. The molecule has 9 aromatic rings. The molecule has 0 bridgehead atoms. The number of rotatable bonds is 11. The number of piperazine rings is 2. The molecule has 1 aliphatic carbocycles. The lowest BCUT2D eigenvalue weighted by atomic mass is 10.0. The molecule has 16 heteroatoms. The van der Waals surface area contributed by atoms with Crippen molar-refractivity contribution >= 4 is 68.5 Å². The van der Waals surface area contributed by atoms with Crippen LogP contribution in [0.2, 0.25) is 0 Å². The lowest BCUT2D eigenvalue weighted by Crippen LogP contribution is -2.47. The SMILES string of the molecule is Cc1ccc(CC(=O)Nc2ccc(-c3ccc4ncc(N5CCN(c6cnccn6)CC5)nc4c3)cc2)cc1.O=C(Nc1ccc(-c2ccc3ncc(N4CCN(c5cnccn5)CC4)nc3c2)cc1)C1CCCC1. The van der Waals surface area contributed by atoms with Crippen molar-refractivity contribution in [2.45, 2.75) is 39.0 Å². The highest BCUT2D eigenvalue weighted by atomic mass is 16.2. The van der Waals surface area contributed by atoms with Gasteiger partial charge in [0.15, 0.2) is 0 Å². The normalized spacial score (nSPS) is 14.9. The van der Waals surface area contributed by atoms with Gasteiger partial charge in [0.05, 0.1) is 53.3 Å². The largest absolute Gasteiger partial charge is 0.352 e. The average Bonchev–Trinajstić information content (AvgIpc) is 4.03. The molecule has 2 amide bonds. The second-order valence-corrected chi connectivity index (χ2v) is 19.3. The fourth-order valence-corrected chi connectivity index (χ4v) is 9.93. The van der Waals surface area contributed by atoms with Gasteiger partial charge in [-0.1, -0.05) is 79.1 Å². The van der Waals surface area contributed by atoms with Crippen LogP contribution in [-0.4, -0.2) is 104 Å². The fourth-order valence-electron chi connectivity index (χ4n) is 9.93. The molecule has 2 N–H and O–H groups in total. The van der Waals surface area contributed by atoms with Gasteiger partial charge in [-0.2, -0.15) is 0 Å². The molecule has 376 valence electrons. The third kappa shape index (κ3) is 11.8. The van der Waals surface area contributed by atoms with E-state index in [-0.39, 0.29) is 17.7 Å². The summed E-state index contributed by atoms with van der Waals surface area (Å²) in [5.41, 5.74) is 11.5. The minimum absolute atomic E-state index is 0.0300. The first kappa shape index (κ1) is 48.4. The summed E-state index contributed by atoms with van der Waals surface area (Å²) in [6, 6.07) is 36.3. The molecular weight excluding hydrogens is 937 g/mol. The molecule has 12 rings (SSSR count). The summed E-state index contributed by atoms with van der Waals surface area (Å²) in [4.78, 5) is 70.3. The number of aryl methyl sites for hydroxylation is 1. The number of nitrogens with one attached hydrogen (secondary N) is 2. The first-order chi connectivity index (χ1) is 36.8. The van der Waals surface area contributed by atoms with Gasteiger partial charge in [0.1, 0.15) is 23.3 Å². The summed E-state index contributed by atoms with van der Waals surface area (Å²) < 4.78 is 0. The van der Waals surface area contributed by atoms with Gasteiger partial charge in [0.25, 0.3) is 0 Å². The standard InChI is InChI=1S/C31H29N7O.C28H29N7O/c1-22-2-4-23(5-3-22)18-31(39)35-26-9-6-24(7-10-26)25-8-11-27-28(19-25)36-30(21-34-27)38-16-14-37(15-17-38)29-20-32-12-13-33-29;36-28(21-3-1-2-4-21)32-23-8-5-20(6-9-23)22-7-10-24-25(17-22)33-27(19-31-24)35-15-13-34(14-16-35)26-18-29-11-12-30-26/h2-13,19-21H,14-18H2,1H3,(H,35,39);5-12,17-19,21H,1-4,13-16H2,(H,32,36). The average molecular weight is 995 g/mol. The van der Waals surface area contributed by atoms with Crippen LogP contribution in [0, 0.1) is 12.8 Å². The van der Waals surface area contributed by atoms with E-state index in [0.29, 0.717) is 6.42 Å². The maximum Gasteiger partial charge on any atom is 0.228 e. The summed E-state index contributed by atoms with van der Waals surface area (Å²) in [7, 11) is 0. The maximum atomic E-state index is 12.5. The van der Waals surface area contributed by atoms with Crippen LogP contribution in [0.4, 0.5) is 34.6 Å². The molecule has 0 spiro atoms. The van der Waals surface area contributed by atoms with E-state index < -0.39 is 0 Å². The molecule has 0 atom stereocenters. The minimum Gasteiger partial charge on any atom is -0.352 e. The Morgan fingerprint density at radius 1 is 0.467 bits per heavy atom. The zero-order valence-electron chi connectivity index (χ0n) is 42.0. The molecule has 4 aromatic heterocycles. The van der Waals surface area contributed by atoms with E-state index >= 15 is 0 Å². The lowest BCUT2D eigenvalue weighted by molar-refractivity contribution is -0.119. The van der Waals surface area contributed by atoms with Crippen LogP contribution in [-0.2, 0) is 16.0 Å². The molecule has 1 saturated carbocycles. The molecule has 2 aliphatic heterocycles. The smallest absolute Gasteiger partial charge is 0.228 e. The number of carbonyl (C=O) groups is 2. The Bertz CT molecular complexity index is 3380. The molecule has 6 heterocycles. The van der Waals surface area contributed by atoms with Crippen LogP contribution < -0.4 is 30.2 Å². The third-order valence-corrected chi connectivity index (χ3v) is 14.2. The first-order valence-electron chi connectivity index (χ1n) is 25.8. The Balaban J connectivity index is 0.000000161. The van der Waals surface area contributed by atoms with Crippen LogP contribution in [0.5, 0.6) is 0 Å². The fraction of sp³-hybridized carbons (Fsp3) is 0.254. The zero-order valence-corrected chi connectivity index (χ0v) is 42.0. The summed E-state index contributed by atoms with van der Waals surface area (Å²) in [5, 5.41) is 6.06. The van der Waals surface area contributed by atoms with Gasteiger partial charge in [-0.15, -0.1) is 0 Å². The van der Waals surface area contributed by atoms with E-state index in [1.807, 2.05) is 98.3 Å². The van der Waals surface area contributed by atoms with E-state index in [2.05, 4.69) is 96.5 Å². The second kappa shape index (κ2) is 22.5. The molecule has 3 aliphatic rings. The van der Waals surface area contributed by atoms with Crippen molar-refractivity contribution in [1.82, 2.24) is 39.9 Å². The summed E-state index contributed by atoms with van der Waals surface area (Å²) in [5.74, 6) is 3.86. The number of amides is 2. The lowest BCUT2D eigenvalue weighted by Gasteiger charge is -2.35. The highest BCUT2D eigenvalue weighted by Gasteiger charge is 2.24. The van der Waals surface area contributed by atoms with Crippen molar-refractivity contribution in [3.05, 3.63) is 170 Å². The van der Waals surface area contributed by atoms with Crippen LogP contribution in [0.25, 0.3) is 44.3 Å². The van der Waals surface area contributed by atoms with Gasteiger partial charge < -0.3 is 30.2 Å². The number of benzene rings is 5. The van der Waals surface area contributed by atoms with Gasteiger partial charge in [-0.3, -0.25) is 29.5 Å². The van der Waals surface area contributed by atoms with Crippen molar-refractivity contribution in [2.24, 2.45) is 5.92 Å². The number of nitrogens with zero attached hydrogens (tertiary/aromatic N) is 12. The Kier molecular flexibility index (Phi) is 14.5. The van der Waals surface area contributed by atoms with E-state index in [1.165, 1.54) is 5.56 Å². The van der Waals surface area contributed by atoms with E-state index in [9.17, 15) is 9.59 Å². The second-order valence-electron chi connectivity index (χ2n) is 19.3. The van der Waals surface area contributed by atoms with E-state index in [0.717, 1.165) is 163 Å². The first-order valence-corrected chi connectivity index (χ1v) is 25.8. The molecule has 16 nitrogen and oxygen atoms in total. The van der Waals surface area contributed by atoms with Crippen molar-refractivity contribution in [2.75, 3.05) is 82.6 Å². The zero-order chi connectivity index (χ0) is 50.9. The predicted octanol–water partition coefficient (Wildman–Crippen LogP) is 9.45. The topological polar surface area (TPSA) is 174 Å². The van der Waals surface area contributed by atoms with E-state index in [4.69, 9.17) is 9.97 Å². The summed E-state index contributed by atoms with van der Waals surface area (Å²) >= 11 is 0. The minimum atomic E-state index is -0.0300. The number of carbonyl (C=O) groups excluding carboxylic acids is 2. The number of fused-ring (bicyclic) bond motifs is 2. The molecule has 75 heavy (non-hydrogen) atoms. The predicted molar refractivity (Wildman–Crippen MR) is 297 cm³/mol. The van der Waals surface area contributed by atoms with Crippen molar-refractivity contribution in [3.63, 3.8) is 0 Å². The maximum absolute atomic E-state index is 12.5. The van der Waals surface area contributed by atoms with Crippen LogP contribution >= 0.6 is 0 Å². The Morgan fingerprint density at radius 3 is 1.36 bits per heavy atom. The molecule has 2 saturated heterocycles. The van der Waals surface area contributed by atoms with Gasteiger partial charge in [-0.25, -0.2) is 19.9 Å². The van der Waals surface area contributed by atoms with E-state index in [1.54, 1.807) is 31.0 Å².